The van der Waals surface area contributed by atoms with Crippen molar-refractivity contribution in [1.82, 2.24) is 19.5 Å². The van der Waals surface area contributed by atoms with Crippen LogP contribution in [-0.2, 0) is 4.74 Å². The fourth-order valence-electron chi connectivity index (χ4n) is 4.33. The predicted octanol–water partition coefficient (Wildman–Crippen LogP) is 2.50. The topological polar surface area (TPSA) is 112 Å². The molecule has 0 unspecified atom stereocenters. The Labute approximate surface area is 184 Å². The summed E-state index contributed by atoms with van der Waals surface area (Å²) in [5.74, 6) is 2.13. The molecule has 6 rings (SSSR count). The van der Waals surface area contributed by atoms with Gasteiger partial charge in [0.2, 0.25) is 0 Å². The first-order valence-corrected chi connectivity index (χ1v) is 10.8. The number of hydrogen-bond donors (Lipinski definition) is 2. The van der Waals surface area contributed by atoms with E-state index in [1.54, 1.807) is 0 Å². The predicted molar refractivity (Wildman–Crippen MR) is 121 cm³/mol. The van der Waals surface area contributed by atoms with Gasteiger partial charge in [0.05, 0.1) is 17.0 Å². The molecule has 2 aliphatic heterocycles. The van der Waals surface area contributed by atoms with Crippen molar-refractivity contribution in [1.29, 1.82) is 0 Å². The highest BCUT2D eigenvalue weighted by Crippen LogP contribution is 2.33. The molecule has 3 atom stereocenters. The van der Waals surface area contributed by atoms with Crippen LogP contribution in [0.15, 0.2) is 48.9 Å². The Bertz CT molecular complexity index is 1290. The van der Waals surface area contributed by atoms with Gasteiger partial charge in [-0.15, -0.1) is 0 Å². The van der Waals surface area contributed by atoms with Crippen LogP contribution < -0.4 is 15.4 Å². The summed E-state index contributed by atoms with van der Waals surface area (Å²) in [6.45, 7) is 2.36. The first kappa shape index (κ1) is 19.3. The Morgan fingerprint density at radius 2 is 2.03 bits per heavy atom. The minimum Gasteiger partial charge on any atom is -0.491 e. The maximum Gasteiger partial charge on any atom is 0.147 e. The lowest BCUT2D eigenvalue weighted by Gasteiger charge is -2.32. The van der Waals surface area contributed by atoms with Crippen LogP contribution in [0.4, 0.5) is 11.6 Å². The molecular formula is C23H24N6O3. The van der Waals surface area contributed by atoms with Gasteiger partial charge in [0.25, 0.3) is 0 Å². The van der Waals surface area contributed by atoms with E-state index in [1.807, 2.05) is 35.0 Å². The molecule has 4 aromatic rings. The highest BCUT2D eigenvalue weighted by atomic mass is 16.6. The van der Waals surface area contributed by atoms with Crippen molar-refractivity contribution in [2.45, 2.75) is 31.3 Å². The summed E-state index contributed by atoms with van der Waals surface area (Å²) in [6.07, 6.45) is 3.51. The minimum absolute atomic E-state index is 0.241. The van der Waals surface area contributed by atoms with Crippen LogP contribution in [0.3, 0.4) is 0 Å². The highest BCUT2D eigenvalue weighted by molar-refractivity contribution is 5.86. The van der Waals surface area contributed by atoms with Crippen LogP contribution in [0.1, 0.15) is 19.1 Å². The zero-order valence-electron chi connectivity index (χ0n) is 17.5. The maximum absolute atomic E-state index is 10.6. The zero-order valence-corrected chi connectivity index (χ0v) is 17.5. The van der Waals surface area contributed by atoms with Gasteiger partial charge in [-0.05, 0) is 36.8 Å². The number of nitrogens with zero attached hydrogens (tertiary/aromatic N) is 5. The summed E-state index contributed by atoms with van der Waals surface area (Å²) in [6, 6.07) is 11.9. The third-order valence-corrected chi connectivity index (χ3v) is 6.30. The maximum atomic E-state index is 10.6. The van der Waals surface area contributed by atoms with Gasteiger partial charge in [-0.2, -0.15) is 0 Å². The number of nitrogens with two attached hydrogens (primary N) is 1. The Hall–Kier alpha value is -3.43. The Morgan fingerprint density at radius 3 is 2.88 bits per heavy atom. The van der Waals surface area contributed by atoms with Crippen LogP contribution in [0.5, 0.6) is 5.75 Å². The first-order chi connectivity index (χ1) is 15.7. The normalized spacial score (nSPS) is 23.0. The fourth-order valence-corrected chi connectivity index (χ4v) is 4.33. The van der Waals surface area contributed by atoms with Crippen molar-refractivity contribution in [2.75, 3.05) is 30.3 Å². The van der Waals surface area contributed by atoms with Crippen LogP contribution in [0.2, 0.25) is 0 Å². The molecular weight excluding hydrogens is 408 g/mol. The standard InChI is InChI=1S/C23H24N6O3/c24-22-16-6-9-29(23(16)26-13-25-22)21-11-18(30)19(32-21)12-31-15-4-2-14-3-5-20(27-17(14)10-15)28-7-1-8-28/h2-6,9-10,13,18-19,21,30H,1,7-8,11-12H2,(H2,24,25,26)/t18-,19+,21+/m0/s1. The number of nitrogen functional groups attached to an aromatic ring is 1. The SMILES string of the molecule is Nc1ncnc2c1ccn2[C@H]1C[C@H](O)[C@@H](COc2ccc3ccc(N4CCC4)nc3c2)O1. The highest BCUT2D eigenvalue weighted by Gasteiger charge is 2.36. The van der Waals surface area contributed by atoms with Gasteiger partial charge in [0.1, 0.15) is 48.3 Å². The number of fused-ring (bicyclic) bond motifs is 2. The van der Waals surface area contributed by atoms with Crippen molar-refractivity contribution >= 4 is 33.6 Å². The van der Waals surface area contributed by atoms with Gasteiger partial charge < -0.3 is 29.8 Å². The second-order valence-electron chi connectivity index (χ2n) is 8.33. The summed E-state index contributed by atoms with van der Waals surface area (Å²) >= 11 is 0. The number of benzene rings is 1. The summed E-state index contributed by atoms with van der Waals surface area (Å²) in [5.41, 5.74) is 7.52. The third-order valence-electron chi connectivity index (χ3n) is 6.30. The van der Waals surface area contributed by atoms with E-state index in [2.05, 4.69) is 27.0 Å². The molecule has 9 heteroatoms. The van der Waals surface area contributed by atoms with Gasteiger partial charge in [-0.3, -0.25) is 0 Å². The molecule has 1 aromatic carbocycles. The number of rotatable bonds is 5. The fraction of sp³-hybridized carbons (Fsp3) is 0.348. The molecule has 164 valence electrons. The van der Waals surface area contributed by atoms with Crippen LogP contribution in [0, 0.1) is 0 Å². The number of pyridine rings is 1. The molecule has 2 fully saturated rings. The smallest absolute Gasteiger partial charge is 0.147 e. The number of aliphatic hydroxyl groups excluding tert-OH is 1. The lowest BCUT2D eigenvalue weighted by Crippen LogP contribution is -2.37. The third kappa shape index (κ3) is 3.30. The molecule has 32 heavy (non-hydrogen) atoms. The average molecular weight is 432 g/mol. The molecule has 9 nitrogen and oxygen atoms in total. The Kier molecular flexibility index (Phi) is 4.58. The van der Waals surface area contributed by atoms with Gasteiger partial charge in [-0.25, -0.2) is 15.0 Å². The number of hydrogen-bond acceptors (Lipinski definition) is 8. The van der Waals surface area contributed by atoms with Crippen molar-refractivity contribution in [3.8, 4) is 5.75 Å². The van der Waals surface area contributed by atoms with E-state index < -0.39 is 12.2 Å². The average Bonchev–Trinajstić information content (AvgIpc) is 3.35. The second kappa shape index (κ2) is 7.61. The lowest BCUT2D eigenvalue weighted by molar-refractivity contribution is -0.0379. The van der Waals surface area contributed by atoms with Gasteiger partial charge in [-0.1, -0.05) is 0 Å². The lowest BCUT2D eigenvalue weighted by atomic mass is 10.1. The molecule has 0 aliphatic carbocycles. The van der Waals surface area contributed by atoms with Crippen molar-refractivity contribution in [2.24, 2.45) is 0 Å². The summed E-state index contributed by atoms with van der Waals surface area (Å²) in [7, 11) is 0. The Balaban J connectivity index is 1.16. The molecule has 0 amide bonds. The van der Waals surface area contributed by atoms with Crippen molar-refractivity contribution in [3.63, 3.8) is 0 Å². The van der Waals surface area contributed by atoms with E-state index >= 15 is 0 Å². The molecule has 0 spiro atoms. The van der Waals surface area contributed by atoms with Crippen LogP contribution >= 0.6 is 0 Å². The molecule has 0 saturated carbocycles. The van der Waals surface area contributed by atoms with E-state index in [0.717, 1.165) is 35.2 Å². The molecule has 3 N–H and O–H groups in total. The molecule has 2 saturated heterocycles. The second-order valence-corrected chi connectivity index (χ2v) is 8.33. The van der Waals surface area contributed by atoms with E-state index in [0.29, 0.717) is 23.6 Å². The van der Waals surface area contributed by atoms with E-state index in [9.17, 15) is 5.11 Å². The van der Waals surface area contributed by atoms with Gasteiger partial charge in [0, 0.05) is 37.2 Å². The monoisotopic (exact) mass is 432 g/mol. The van der Waals surface area contributed by atoms with Crippen molar-refractivity contribution in [3.05, 3.63) is 48.9 Å². The van der Waals surface area contributed by atoms with Gasteiger partial charge in [0.15, 0.2) is 0 Å². The molecule has 5 heterocycles. The van der Waals surface area contributed by atoms with Gasteiger partial charge >= 0.3 is 0 Å². The van der Waals surface area contributed by atoms with E-state index in [4.69, 9.17) is 20.2 Å². The number of ether oxygens (including phenoxy) is 2. The molecule has 3 aromatic heterocycles. The molecule has 2 aliphatic rings. The Morgan fingerprint density at radius 1 is 1.16 bits per heavy atom. The quantitative estimate of drug-likeness (QED) is 0.495. The summed E-state index contributed by atoms with van der Waals surface area (Å²) in [4.78, 5) is 15.4. The molecule has 0 radical (unpaired) electrons. The number of anilines is 2. The van der Waals surface area contributed by atoms with Crippen LogP contribution in [-0.4, -0.2) is 56.5 Å². The largest absolute Gasteiger partial charge is 0.491 e. The number of aromatic nitrogens is 4. The zero-order chi connectivity index (χ0) is 21.7. The molecule has 0 bridgehead atoms. The summed E-state index contributed by atoms with van der Waals surface area (Å²) in [5, 5.41) is 12.4. The van der Waals surface area contributed by atoms with Crippen molar-refractivity contribution < 1.29 is 14.6 Å². The summed E-state index contributed by atoms with van der Waals surface area (Å²) < 4.78 is 14.0. The van der Waals surface area contributed by atoms with E-state index in [1.165, 1.54) is 12.7 Å². The van der Waals surface area contributed by atoms with Crippen LogP contribution in [0.25, 0.3) is 21.9 Å². The number of aliphatic hydroxyl groups is 1. The van der Waals surface area contributed by atoms with E-state index in [-0.39, 0.29) is 12.8 Å². The minimum atomic E-state index is -0.645. The first-order valence-electron chi connectivity index (χ1n) is 10.8.